The fourth-order valence-corrected chi connectivity index (χ4v) is 9.85. The minimum absolute atomic E-state index is 0.191. The fraction of sp³-hybridized carbons (Fsp3) is 0.867. The maximum Gasteiger partial charge on any atom is 0.158 e. The third-order valence-corrected chi connectivity index (χ3v) is 12.4. The second-order valence-corrected chi connectivity index (χ2v) is 14.1. The monoisotopic (exact) mass is 440 g/mol. The zero-order chi connectivity index (χ0) is 23.7. The summed E-state index contributed by atoms with van der Waals surface area (Å²) in [6.07, 6.45) is 12.5. The molecule has 4 aliphatic carbocycles. The van der Waals surface area contributed by atoms with Gasteiger partial charge in [0.2, 0.25) is 0 Å². The first-order chi connectivity index (χ1) is 14.7. The van der Waals surface area contributed by atoms with Crippen molar-refractivity contribution in [1.29, 1.82) is 0 Å². The minimum atomic E-state index is 0.191. The second kappa shape index (κ2) is 7.54. The molecule has 8 atom stereocenters. The van der Waals surface area contributed by atoms with Crippen LogP contribution < -0.4 is 0 Å². The highest BCUT2D eigenvalue weighted by Crippen LogP contribution is 2.75. The topological polar surface area (TPSA) is 34.1 Å². The average Bonchev–Trinajstić information content (AvgIpc) is 2.71. The molecule has 0 radical (unpaired) electrons. The number of fused-ring (bicyclic) bond motifs is 5. The van der Waals surface area contributed by atoms with Gasteiger partial charge >= 0.3 is 0 Å². The van der Waals surface area contributed by atoms with Crippen LogP contribution in [0.5, 0.6) is 0 Å². The van der Waals surface area contributed by atoms with E-state index in [-0.39, 0.29) is 22.5 Å². The van der Waals surface area contributed by atoms with E-state index in [1.807, 2.05) is 6.92 Å². The minimum Gasteiger partial charge on any atom is -0.299 e. The van der Waals surface area contributed by atoms with E-state index in [9.17, 15) is 9.59 Å². The molecule has 0 N–H and O–H groups in total. The fourth-order valence-electron chi connectivity index (χ4n) is 9.85. The number of hydrogen-bond donors (Lipinski definition) is 0. The summed E-state index contributed by atoms with van der Waals surface area (Å²) in [5.41, 5.74) is 2.24. The molecule has 2 nitrogen and oxygen atoms in total. The van der Waals surface area contributed by atoms with Crippen LogP contribution in [0, 0.1) is 44.8 Å². The Balaban J connectivity index is 1.59. The summed E-state index contributed by atoms with van der Waals surface area (Å²) >= 11 is 0. The summed E-state index contributed by atoms with van der Waals surface area (Å²) < 4.78 is 0. The van der Waals surface area contributed by atoms with Crippen LogP contribution >= 0.6 is 0 Å². The van der Waals surface area contributed by atoms with E-state index in [0.29, 0.717) is 39.9 Å². The largest absolute Gasteiger partial charge is 0.299 e. The van der Waals surface area contributed by atoms with Gasteiger partial charge in [0.15, 0.2) is 5.78 Å². The van der Waals surface area contributed by atoms with Crippen molar-refractivity contribution < 1.29 is 9.59 Å². The number of allylic oxidation sites excluding steroid dienone is 1. The van der Waals surface area contributed by atoms with Crippen molar-refractivity contribution in [2.45, 2.75) is 119 Å². The van der Waals surface area contributed by atoms with Crippen molar-refractivity contribution in [2.24, 2.45) is 44.8 Å². The molecule has 0 aliphatic heterocycles. The van der Waals surface area contributed by atoms with Crippen LogP contribution in [0.1, 0.15) is 119 Å². The molecule has 0 aromatic carbocycles. The number of hydrogen-bond acceptors (Lipinski definition) is 2. The Labute approximate surface area is 197 Å². The predicted octanol–water partition coefficient (Wildman–Crippen LogP) is 7.95. The highest BCUT2D eigenvalue weighted by Gasteiger charge is 2.67. The van der Waals surface area contributed by atoms with Crippen molar-refractivity contribution in [1.82, 2.24) is 0 Å². The van der Waals surface area contributed by atoms with E-state index in [1.165, 1.54) is 44.9 Å². The maximum absolute atomic E-state index is 12.7. The van der Waals surface area contributed by atoms with Gasteiger partial charge in [0.1, 0.15) is 5.78 Å². The van der Waals surface area contributed by atoms with Crippen molar-refractivity contribution in [3.63, 3.8) is 0 Å². The van der Waals surface area contributed by atoms with E-state index in [0.717, 1.165) is 25.2 Å². The summed E-state index contributed by atoms with van der Waals surface area (Å²) in [7, 11) is 0. The highest BCUT2D eigenvalue weighted by molar-refractivity contribution is 5.94. The Bertz CT molecular complexity index is 827. The Morgan fingerprint density at radius 1 is 0.938 bits per heavy atom. The predicted molar refractivity (Wildman–Crippen MR) is 132 cm³/mol. The lowest BCUT2D eigenvalue weighted by Gasteiger charge is -2.72. The van der Waals surface area contributed by atoms with Gasteiger partial charge < -0.3 is 0 Å². The molecule has 4 saturated carbocycles. The van der Waals surface area contributed by atoms with Gasteiger partial charge in [0.25, 0.3) is 0 Å². The second-order valence-electron chi connectivity index (χ2n) is 14.1. The van der Waals surface area contributed by atoms with Crippen molar-refractivity contribution in [2.75, 3.05) is 0 Å². The molecule has 0 aromatic heterocycles. The lowest BCUT2D eigenvalue weighted by molar-refractivity contribution is -0.225. The van der Waals surface area contributed by atoms with Gasteiger partial charge in [-0.15, -0.1) is 0 Å². The normalized spacial score (nSPS) is 50.7. The van der Waals surface area contributed by atoms with E-state index in [4.69, 9.17) is 0 Å². The van der Waals surface area contributed by atoms with Gasteiger partial charge in [-0.1, -0.05) is 48.1 Å². The number of carbonyl (C=O) groups excluding carboxylic acids is 2. The highest BCUT2D eigenvalue weighted by atomic mass is 16.1. The van der Waals surface area contributed by atoms with Gasteiger partial charge in [-0.05, 0) is 109 Å². The molecule has 4 aliphatic rings. The third kappa shape index (κ3) is 3.32. The Kier molecular flexibility index (Phi) is 5.71. The van der Waals surface area contributed by atoms with Crippen LogP contribution in [0.4, 0.5) is 0 Å². The standard InChI is InChI=1S/C30H48O2/c1-20(2)22(31)11-13-26(4)15-18-30(8)25-12-14-28(6)21(3)23(32)9-10-24(28)29(25,7)17-16-27(30,5)19-26/h21,24-25H,1,9-19H2,2-8H3. The summed E-state index contributed by atoms with van der Waals surface area (Å²) in [6.45, 7) is 20.7. The van der Waals surface area contributed by atoms with Crippen molar-refractivity contribution in [3.05, 3.63) is 12.2 Å². The number of Topliss-reactive ketones (excluding diaryl/α,β-unsaturated/α-hetero) is 2. The molecule has 0 saturated heterocycles. The summed E-state index contributed by atoms with van der Waals surface area (Å²) in [5.74, 6) is 2.42. The van der Waals surface area contributed by atoms with Gasteiger partial charge in [-0.25, -0.2) is 0 Å². The summed E-state index contributed by atoms with van der Waals surface area (Å²) in [6, 6.07) is 0. The van der Waals surface area contributed by atoms with Crippen LogP contribution in [-0.2, 0) is 9.59 Å². The average molecular weight is 441 g/mol. The van der Waals surface area contributed by atoms with E-state index in [1.54, 1.807) is 0 Å². The lowest BCUT2D eigenvalue weighted by Crippen LogP contribution is -2.64. The van der Waals surface area contributed by atoms with Crippen LogP contribution in [0.25, 0.3) is 0 Å². The number of rotatable bonds is 4. The molecule has 4 fully saturated rings. The molecule has 0 heterocycles. The van der Waals surface area contributed by atoms with Crippen LogP contribution in [0.15, 0.2) is 12.2 Å². The molecule has 32 heavy (non-hydrogen) atoms. The Morgan fingerprint density at radius 3 is 2.28 bits per heavy atom. The van der Waals surface area contributed by atoms with Crippen LogP contribution in [0.2, 0.25) is 0 Å². The third-order valence-electron chi connectivity index (χ3n) is 12.4. The molecule has 0 aromatic rings. The van der Waals surface area contributed by atoms with Crippen LogP contribution in [-0.4, -0.2) is 11.6 Å². The molecule has 8 unspecified atom stereocenters. The smallest absolute Gasteiger partial charge is 0.158 e. The van der Waals surface area contributed by atoms with E-state index < -0.39 is 0 Å². The zero-order valence-corrected chi connectivity index (χ0v) is 22.0. The molecule has 2 heteroatoms. The van der Waals surface area contributed by atoms with Crippen molar-refractivity contribution in [3.8, 4) is 0 Å². The van der Waals surface area contributed by atoms with Crippen molar-refractivity contribution >= 4 is 11.6 Å². The lowest BCUT2D eigenvalue weighted by atomic mass is 9.33. The summed E-state index contributed by atoms with van der Waals surface area (Å²) in [4.78, 5) is 24.9. The number of carbonyl (C=O) groups is 2. The first kappa shape index (κ1) is 24.2. The summed E-state index contributed by atoms with van der Waals surface area (Å²) in [5, 5.41) is 0. The molecule has 180 valence electrons. The van der Waals surface area contributed by atoms with E-state index in [2.05, 4.69) is 48.1 Å². The van der Waals surface area contributed by atoms with Crippen LogP contribution in [0.3, 0.4) is 0 Å². The number of ketones is 2. The SMILES string of the molecule is C=C(C)C(=O)CCC1(C)CCC2(C)C3CCC4(C)C(C)C(=O)CCC4C3(C)CCC2(C)C1. The Hall–Kier alpha value is -0.920. The first-order valence-corrected chi connectivity index (χ1v) is 13.4. The van der Waals surface area contributed by atoms with Gasteiger partial charge in [0, 0.05) is 18.8 Å². The quantitative estimate of drug-likeness (QED) is 0.416. The molecule has 4 rings (SSSR count). The first-order valence-electron chi connectivity index (χ1n) is 13.4. The molecular formula is C30H48O2. The molecule has 0 spiro atoms. The van der Waals surface area contributed by atoms with Gasteiger partial charge in [-0.2, -0.15) is 0 Å². The zero-order valence-electron chi connectivity index (χ0n) is 22.0. The van der Waals surface area contributed by atoms with E-state index >= 15 is 0 Å². The molecule has 0 bridgehead atoms. The maximum atomic E-state index is 12.7. The molecule has 0 amide bonds. The van der Waals surface area contributed by atoms with Gasteiger partial charge in [0.05, 0.1) is 0 Å². The van der Waals surface area contributed by atoms with Gasteiger partial charge in [-0.3, -0.25) is 9.59 Å². The molecular weight excluding hydrogens is 392 g/mol. The Morgan fingerprint density at radius 2 is 1.62 bits per heavy atom.